The zero-order chi connectivity index (χ0) is 14.5. The number of hydrogen-bond donors (Lipinski definition) is 2. The van der Waals surface area contributed by atoms with Crippen molar-refractivity contribution < 1.29 is 13.9 Å². The molecular formula is C14H23N3O3. The Bertz CT molecular complexity index is 455. The molecular weight excluding hydrogens is 258 g/mol. The van der Waals surface area contributed by atoms with Gasteiger partial charge >= 0.3 is 0 Å². The van der Waals surface area contributed by atoms with Crippen LogP contribution in [0.1, 0.15) is 34.7 Å². The predicted octanol–water partition coefficient (Wildman–Crippen LogP) is 1.05. The first-order chi connectivity index (χ1) is 9.60. The average molecular weight is 281 g/mol. The maximum atomic E-state index is 11.5. The highest BCUT2D eigenvalue weighted by Crippen LogP contribution is 2.28. The summed E-state index contributed by atoms with van der Waals surface area (Å²) in [5.74, 6) is 6.94. The Morgan fingerprint density at radius 2 is 2.35 bits per heavy atom. The molecule has 0 spiro atoms. The van der Waals surface area contributed by atoms with E-state index in [-0.39, 0.29) is 5.91 Å². The molecule has 1 saturated carbocycles. The minimum Gasteiger partial charge on any atom is -0.464 e. The highest BCUT2D eigenvalue weighted by Gasteiger charge is 2.21. The SMILES string of the molecule is Cc1oc(CN(C)CCOCC2CC2)cc1C(=O)NN. The van der Waals surface area contributed by atoms with Crippen LogP contribution in [-0.2, 0) is 11.3 Å². The lowest BCUT2D eigenvalue weighted by atomic mass is 10.2. The summed E-state index contributed by atoms with van der Waals surface area (Å²) < 4.78 is 11.2. The van der Waals surface area contributed by atoms with Crippen molar-refractivity contribution in [3.63, 3.8) is 0 Å². The van der Waals surface area contributed by atoms with E-state index in [9.17, 15) is 4.79 Å². The zero-order valence-corrected chi connectivity index (χ0v) is 12.1. The molecule has 0 aliphatic heterocycles. The van der Waals surface area contributed by atoms with E-state index in [1.807, 2.05) is 7.05 Å². The van der Waals surface area contributed by atoms with Gasteiger partial charge in [0, 0.05) is 13.2 Å². The average Bonchev–Trinajstić information content (AvgIpc) is 3.17. The van der Waals surface area contributed by atoms with Crippen LogP contribution >= 0.6 is 0 Å². The number of carbonyl (C=O) groups excluding carboxylic acids is 1. The van der Waals surface area contributed by atoms with Crippen molar-refractivity contribution >= 4 is 5.91 Å². The van der Waals surface area contributed by atoms with Crippen molar-refractivity contribution in [2.45, 2.75) is 26.3 Å². The number of aryl methyl sites for hydroxylation is 1. The molecule has 1 heterocycles. The van der Waals surface area contributed by atoms with Gasteiger partial charge in [-0.05, 0) is 38.8 Å². The third kappa shape index (κ3) is 4.33. The molecule has 1 fully saturated rings. The first-order valence-corrected chi connectivity index (χ1v) is 6.96. The van der Waals surface area contributed by atoms with Crippen molar-refractivity contribution in [1.82, 2.24) is 10.3 Å². The molecule has 1 aromatic rings. The lowest BCUT2D eigenvalue weighted by Crippen LogP contribution is -2.30. The van der Waals surface area contributed by atoms with Crippen molar-refractivity contribution in [3.05, 3.63) is 23.2 Å². The van der Waals surface area contributed by atoms with E-state index in [1.165, 1.54) is 12.8 Å². The van der Waals surface area contributed by atoms with Crippen LogP contribution in [-0.4, -0.2) is 37.6 Å². The molecule has 0 saturated heterocycles. The van der Waals surface area contributed by atoms with Gasteiger partial charge in [-0.25, -0.2) is 5.84 Å². The smallest absolute Gasteiger partial charge is 0.268 e. The highest BCUT2D eigenvalue weighted by atomic mass is 16.5. The summed E-state index contributed by atoms with van der Waals surface area (Å²) in [5, 5.41) is 0. The van der Waals surface area contributed by atoms with Gasteiger partial charge in [0.2, 0.25) is 0 Å². The Morgan fingerprint density at radius 3 is 3.00 bits per heavy atom. The normalized spacial score (nSPS) is 14.8. The quantitative estimate of drug-likeness (QED) is 0.322. The number of nitrogens with two attached hydrogens (primary N) is 1. The predicted molar refractivity (Wildman–Crippen MR) is 75.0 cm³/mol. The monoisotopic (exact) mass is 281 g/mol. The van der Waals surface area contributed by atoms with Gasteiger partial charge in [0.15, 0.2) is 0 Å². The van der Waals surface area contributed by atoms with Crippen molar-refractivity contribution in [1.29, 1.82) is 0 Å². The van der Waals surface area contributed by atoms with Crippen LogP contribution in [0.5, 0.6) is 0 Å². The fourth-order valence-electron chi connectivity index (χ4n) is 2.02. The van der Waals surface area contributed by atoms with E-state index in [0.29, 0.717) is 17.9 Å². The number of furan rings is 1. The number of carbonyl (C=O) groups is 1. The minimum absolute atomic E-state index is 0.326. The Hall–Kier alpha value is -1.37. The number of nitrogens with zero attached hydrogens (tertiary/aromatic N) is 1. The summed E-state index contributed by atoms with van der Waals surface area (Å²) >= 11 is 0. The fourth-order valence-corrected chi connectivity index (χ4v) is 2.02. The molecule has 112 valence electrons. The number of ether oxygens (including phenoxy) is 1. The fraction of sp³-hybridized carbons (Fsp3) is 0.643. The topological polar surface area (TPSA) is 80.7 Å². The molecule has 3 N–H and O–H groups in total. The van der Waals surface area contributed by atoms with E-state index in [0.717, 1.165) is 31.4 Å². The lowest BCUT2D eigenvalue weighted by Gasteiger charge is -2.14. The van der Waals surface area contributed by atoms with Crippen molar-refractivity contribution in [2.75, 3.05) is 26.8 Å². The molecule has 0 aromatic carbocycles. The summed E-state index contributed by atoms with van der Waals surface area (Å²) in [6.45, 7) is 4.85. The summed E-state index contributed by atoms with van der Waals surface area (Å²) in [6.07, 6.45) is 2.63. The molecule has 0 atom stereocenters. The first-order valence-electron chi connectivity index (χ1n) is 6.96. The Morgan fingerprint density at radius 1 is 1.60 bits per heavy atom. The molecule has 1 aromatic heterocycles. The van der Waals surface area contributed by atoms with Crippen LogP contribution in [0, 0.1) is 12.8 Å². The standard InChI is InChI=1S/C14H23N3O3/c1-10-13(14(18)16-15)7-12(20-10)8-17(2)5-6-19-9-11-3-4-11/h7,11H,3-6,8-9,15H2,1-2H3,(H,16,18). The molecule has 2 rings (SSSR count). The number of nitrogen functional groups attached to an aromatic ring is 1. The van der Waals surface area contributed by atoms with Gasteiger partial charge in [-0.2, -0.15) is 0 Å². The molecule has 0 radical (unpaired) electrons. The maximum absolute atomic E-state index is 11.5. The van der Waals surface area contributed by atoms with Crippen LogP contribution in [0.2, 0.25) is 0 Å². The molecule has 20 heavy (non-hydrogen) atoms. The molecule has 0 unspecified atom stereocenters. The number of amides is 1. The van der Waals surface area contributed by atoms with Gasteiger partial charge in [0.05, 0.1) is 18.7 Å². The minimum atomic E-state index is -0.326. The van der Waals surface area contributed by atoms with Crippen LogP contribution in [0.15, 0.2) is 10.5 Å². The van der Waals surface area contributed by atoms with Gasteiger partial charge in [-0.1, -0.05) is 0 Å². The van der Waals surface area contributed by atoms with Crippen molar-refractivity contribution in [2.24, 2.45) is 11.8 Å². The molecule has 1 amide bonds. The van der Waals surface area contributed by atoms with E-state index >= 15 is 0 Å². The molecule has 6 heteroatoms. The second kappa shape index (κ2) is 6.88. The van der Waals surface area contributed by atoms with Crippen LogP contribution in [0.4, 0.5) is 0 Å². The number of nitrogens with one attached hydrogen (secondary N) is 1. The second-order valence-electron chi connectivity index (χ2n) is 5.41. The summed E-state index contributed by atoms with van der Waals surface area (Å²) in [6, 6.07) is 1.74. The molecule has 1 aliphatic carbocycles. The molecule has 6 nitrogen and oxygen atoms in total. The summed E-state index contributed by atoms with van der Waals surface area (Å²) in [5.41, 5.74) is 2.60. The molecule has 0 bridgehead atoms. The number of hydrazine groups is 1. The second-order valence-corrected chi connectivity index (χ2v) is 5.41. The largest absolute Gasteiger partial charge is 0.464 e. The summed E-state index contributed by atoms with van der Waals surface area (Å²) in [4.78, 5) is 13.6. The third-order valence-corrected chi connectivity index (χ3v) is 3.44. The van der Waals surface area contributed by atoms with Gasteiger partial charge in [0.1, 0.15) is 11.5 Å². The number of likely N-dealkylation sites (N-methyl/N-ethyl adjacent to an activating group) is 1. The molecule has 1 aliphatic rings. The first kappa shape index (κ1) is 15.0. The van der Waals surface area contributed by atoms with Crippen LogP contribution < -0.4 is 11.3 Å². The van der Waals surface area contributed by atoms with E-state index in [2.05, 4.69) is 10.3 Å². The van der Waals surface area contributed by atoms with E-state index in [1.54, 1.807) is 13.0 Å². The van der Waals surface area contributed by atoms with E-state index < -0.39 is 0 Å². The highest BCUT2D eigenvalue weighted by molar-refractivity contribution is 5.94. The van der Waals surface area contributed by atoms with Crippen molar-refractivity contribution in [3.8, 4) is 0 Å². The van der Waals surface area contributed by atoms with Gasteiger partial charge in [-0.15, -0.1) is 0 Å². The maximum Gasteiger partial charge on any atom is 0.268 e. The van der Waals surface area contributed by atoms with Gasteiger partial charge in [0.25, 0.3) is 5.91 Å². The van der Waals surface area contributed by atoms with E-state index in [4.69, 9.17) is 15.0 Å². The lowest BCUT2D eigenvalue weighted by molar-refractivity contribution is 0.0952. The van der Waals surface area contributed by atoms with Crippen LogP contribution in [0.3, 0.4) is 0 Å². The number of hydrogen-bond acceptors (Lipinski definition) is 5. The Balaban J connectivity index is 1.75. The zero-order valence-electron chi connectivity index (χ0n) is 12.1. The van der Waals surface area contributed by atoms with Gasteiger partial charge < -0.3 is 9.15 Å². The third-order valence-electron chi connectivity index (χ3n) is 3.44. The Labute approximate surface area is 119 Å². The van der Waals surface area contributed by atoms with Gasteiger partial charge in [-0.3, -0.25) is 15.1 Å². The summed E-state index contributed by atoms with van der Waals surface area (Å²) in [7, 11) is 2.00. The Kier molecular flexibility index (Phi) is 5.17. The van der Waals surface area contributed by atoms with Crippen LogP contribution in [0.25, 0.3) is 0 Å². The number of rotatable bonds is 8.